The summed E-state index contributed by atoms with van der Waals surface area (Å²) in [5.41, 5.74) is 6.32. The smallest absolute Gasteiger partial charge is 0.0221 e. The van der Waals surface area contributed by atoms with Gasteiger partial charge < -0.3 is 5.73 Å². The van der Waals surface area contributed by atoms with E-state index in [0.29, 0.717) is 5.54 Å². The maximum absolute atomic E-state index is 5.87. The molecule has 2 aliphatic heterocycles. The van der Waals surface area contributed by atoms with Crippen LogP contribution in [0, 0.1) is 5.92 Å². The van der Waals surface area contributed by atoms with Gasteiger partial charge in [0, 0.05) is 5.54 Å². The van der Waals surface area contributed by atoms with Crippen LogP contribution in [0.1, 0.15) is 39.0 Å². The van der Waals surface area contributed by atoms with Gasteiger partial charge in [0.1, 0.15) is 0 Å². The topological polar surface area (TPSA) is 29.3 Å². The Morgan fingerprint density at radius 1 is 1.31 bits per heavy atom. The molecule has 2 aliphatic rings. The van der Waals surface area contributed by atoms with E-state index in [4.69, 9.17) is 5.73 Å². The molecule has 0 aromatic carbocycles. The van der Waals surface area contributed by atoms with E-state index in [2.05, 4.69) is 11.8 Å². The second-order valence-electron chi connectivity index (χ2n) is 4.88. The lowest BCUT2D eigenvalue weighted by atomic mass is 9.72. The first-order chi connectivity index (χ1) is 6.27. The third-order valence-electron chi connectivity index (χ3n) is 4.23. The molecule has 2 atom stereocenters. The molecule has 13 heavy (non-hydrogen) atoms. The Kier molecular flexibility index (Phi) is 2.61. The molecule has 0 aromatic heterocycles. The van der Waals surface area contributed by atoms with Crippen molar-refractivity contribution in [2.75, 3.05) is 19.6 Å². The van der Waals surface area contributed by atoms with E-state index < -0.39 is 0 Å². The number of piperidine rings is 2. The zero-order valence-corrected chi connectivity index (χ0v) is 8.76. The number of nitrogens with zero attached hydrogens (tertiary/aromatic N) is 1. The Morgan fingerprint density at radius 2 is 2.08 bits per heavy atom. The van der Waals surface area contributed by atoms with Gasteiger partial charge in [-0.05, 0) is 58.2 Å². The van der Waals surface area contributed by atoms with Crippen molar-refractivity contribution in [3.63, 3.8) is 0 Å². The number of fused-ring (bicyclic) bond motifs is 1. The van der Waals surface area contributed by atoms with E-state index in [1.165, 1.54) is 45.2 Å². The molecule has 0 bridgehead atoms. The minimum Gasteiger partial charge on any atom is -0.330 e. The van der Waals surface area contributed by atoms with Crippen molar-refractivity contribution in [2.45, 2.75) is 44.6 Å². The highest BCUT2D eigenvalue weighted by Gasteiger charge is 2.42. The lowest BCUT2D eigenvalue weighted by molar-refractivity contribution is -0.0184. The molecule has 0 spiro atoms. The van der Waals surface area contributed by atoms with E-state index >= 15 is 0 Å². The van der Waals surface area contributed by atoms with Crippen molar-refractivity contribution in [1.29, 1.82) is 0 Å². The summed E-state index contributed by atoms with van der Waals surface area (Å²) in [6.07, 6.45) is 6.88. The fourth-order valence-electron chi connectivity index (χ4n) is 3.24. The minimum atomic E-state index is 0.450. The number of rotatable bonds is 1. The highest BCUT2D eigenvalue weighted by atomic mass is 15.2. The number of hydrogen-bond acceptors (Lipinski definition) is 2. The molecule has 2 fully saturated rings. The van der Waals surface area contributed by atoms with Crippen LogP contribution in [0.25, 0.3) is 0 Å². The van der Waals surface area contributed by atoms with Gasteiger partial charge in [0.25, 0.3) is 0 Å². The van der Waals surface area contributed by atoms with E-state index in [-0.39, 0.29) is 0 Å². The summed E-state index contributed by atoms with van der Waals surface area (Å²) in [5, 5.41) is 0. The van der Waals surface area contributed by atoms with Gasteiger partial charge in [0.15, 0.2) is 0 Å². The standard InChI is InChI=1S/C11H22N2/c1-11-6-2-3-7-13(11)8-4-5-10(11)9-12/h10H,2-9,12H2,1H3. The van der Waals surface area contributed by atoms with Gasteiger partial charge in [0.2, 0.25) is 0 Å². The third kappa shape index (κ3) is 1.50. The van der Waals surface area contributed by atoms with Crippen molar-refractivity contribution in [3.8, 4) is 0 Å². The normalized spacial score (nSPS) is 41.5. The summed E-state index contributed by atoms with van der Waals surface area (Å²) in [6, 6.07) is 0. The third-order valence-corrected chi connectivity index (χ3v) is 4.23. The molecule has 0 radical (unpaired) electrons. The summed E-state index contributed by atoms with van der Waals surface area (Å²) >= 11 is 0. The Hall–Kier alpha value is -0.0800. The van der Waals surface area contributed by atoms with Crippen LogP contribution < -0.4 is 5.73 Å². The van der Waals surface area contributed by atoms with Gasteiger partial charge in [-0.3, -0.25) is 4.90 Å². The molecule has 2 saturated heterocycles. The Morgan fingerprint density at radius 3 is 2.85 bits per heavy atom. The largest absolute Gasteiger partial charge is 0.330 e. The van der Waals surface area contributed by atoms with Crippen LogP contribution in [0.4, 0.5) is 0 Å². The van der Waals surface area contributed by atoms with Crippen LogP contribution in [-0.2, 0) is 0 Å². The first kappa shape index (κ1) is 9.47. The minimum absolute atomic E-state index is 0.450. The maximum atomic E-state index is 5.87. The van der Waals surface area contributed by atoms with Crippen LogP contribution >= 0.6 is 0 Å². The average Bonchev–Trinajstić information content (AvgIpc) is 2.16. The van der Waals surface area contributed by atoms with Gasteiger partial charge in [0.05, 0.1) is 0 Å². The maximum Gasteiger partial charge on any atom is 0.0221 e. The molecule has 2 rings (SSSR count). The van der Waals surface area contributed by atoms with Crippen LogP contribution in [-0.4, -0.2) is 30.1 Å². The zero-order chi connectivity index (χ0) is 9.31. The van der Waals surface area contributed by atoms with Crippen LogP contribution in [0.3, 0.4) is 0 Å². The van der Waals surface area contributed by atoms with Gasteiger partial charge in [-0.25, -0.2) is 0 Å². The van der Waals surface area contributed by atoms with Crippen molar-refractivity contribution in [3.05, 3.63) is 0 Å². The molecule has 0 aliphatic carbocycles. The van der Waals surface area contributed by atoms with E-state index in [0.717, 1.165) is 12.5 Å². The second kappa shape index (κ2) is 3.58. The first-order valence-corrected chi connectivity index (χ1v) is 5.72. The van der Waals surface area contributed by atoms with Gasteiger partial charge in [-0.15, -0.1) is 0 Å². The van der Waals surface area contributed by atoms with Gasteiger partial charge in [-0.1, -0.05) is 6.42 Å². The summed E-state index contributed by atoms with van der Waals surface area (Å²) in [6.45, 7) is 5.94. The van der Waals surface area contributed by atoms with Crippen LogP contribution in [0.15, 0.2) is 0 Å². The molecule has 2 nitrogen and oxygen atoms in total. The second-order valence-corrected chi connectivity index (χ2v) is 4.88. The monoisotopic (exact) mass is 182 g/mol. The lowest BCUT2D eigenvalue weighted by Crippen LogP contribution is -2.59. The average molecular weight is 182 g/mol. The first-order valence-electron chi connectivity index (χ1n) is 5.72. The Balaban J connectivity index is 2.14. The molecule has 2 heterocycles. The highest BCUT2D eigenvalue weighted by Crippen LogP contribution is 2.39. The van der Waals surface area contributed by atoms with Crippen molar-refractivity contribution in [1.82, 2.24) is 4.90 Å². The molecule has 0 saturated carbocycles. The Labute approximate surface area is 81.5 Å². The molecule has 2 unspecified atom stereocenters. The molecule has 0 aromatic rings. The van der Waals surface area contributed by atoms with E-state index in [1.54, 1.807) is 0 Å². The fourth-order valence-corrected chi connectivity index (χ4v) is 3.24. The van der Waals surface area contributed by atoms with Gasteiger partial charge in [-0.2, -0.15) is 0 Å². The van der Waals surface area contributed by atoms with Crippen molar-refractivity contribution < 1.29 is 0 Å². The fraction of sp³-hybridized carbons (Fsp3) is 1.00. The van der Waals surface area contributed by atoms with Crippen LogP contribution in [0.2, 0.25) is 0 Å². The molecular weight excluding hydrogens is 160 g/mol. The van der Waals surface area contributed by atoms with E-state index in [1.807, 2.05) is 0 Å². The van der Waals surface area contributed by atoms with Crippen molar-refractivity contribution in [2.24, 2.45) is 11.7 Å². The van der Waals surface area contributed by atoms with Gasteiger partial charge >= 0.3 is 0 Å². The molecule has 76 valence electrons. The molecule has 0 amide bonds. The zero-order valence-electron chi connectivity index (χ0n) is 8.76. The summed E-state index contributed by atoms with van der Waals surface area (Å²) in [7, 11) is 0. The SMILES string of the molecule is CC12CCCCN1CCCC2CN. The van der Waals surface area contributed by atoms with Crippen molar-refractivity contribution >= 4 is 0 Å². The number of hydrogen-bond donors (Lipinski definition) is 1. The number of nitrogens with two attached hydrogens (primary N) is 1. The summed E-state index contributed by atoms with van der Waals surface area (Å²) < 4.78 is 0. The lowest BCUT2D eigenvalue weighted by Gasteiger charge is -2.53. The molecule has 2 N–H and O–H groups in total. The molecular formula is C11H22N2. The predicted octanol–water partition coefficient (Wildman–Crippen LogP) is 1.60. The predicted molar refractivity (Wildman–Crippen MR) is 55.6 cm³/mol. The molecule has 2 heteroatoms. The Bertz CT molecular complexity index is 170. The van der Waals surface area contributed by atoms with E-state index in [9.17, 15) is 0 Å². The summed E-state index contributed by atoms with van der Waals surface area (Å²) in [5.74, 6) is 0.751. The highest BCUT2D eigenvalue weighted by molar-refractivity contribution is 4.98. The summed E-state index contributed by atoms with van der Waals surface area (Å²) in [4.78, 5) is 2.69. The van der Waals surface area contributed by atoms with Crippen LogP contribution in [0.5, 0.6) is 0 Å². The quantitative estimate of drug-likeness (QED) is 0.667.